The molecule has 4 aromatic carbocycles. The van der Waals surface area contributed by atoms with Crippen LogP contribution in [-0.4, -0.2) is 4.57 Å². The molecule has 2 heteroatoms. The summed E-state index contributed by atoms with van der Waals surface area (Å²) in [5.74, 6) is 0.268. The molecule has 1 aromatic heterocycles. The minimum absolute atomic E-state index is 0.268. The van der Waals surface area contributed by atoms with E-state index in [1.807, 2.05) is 26.0 Å². The molecule has 0 bridgehead atoms. The van der Waals surface area contributed by atoms with Gasteiger partial charge in [0.1, 0.15) is 0 Å². The Balaban J connectivity index is 1.74. The Morgan fingerprint density at radius 1 is 0.739 bits per heavy atom. The standard InChI is InChI=1S/C44H40N2/c1-5-18-36(19-6-2)45(37(20-7-3)21-8-4)39-28-29-42-41(32-39)44-40(34-24-14-10-15-25-34)30-35(33-22-12-9-13-23-33)31-43(44)46(42)38-26-16-11-17-27-38/h5-24,26-32,34H,1,3,25H2,2,4H3/b19-6-,21-8-,36-18+,37-20+. The average Bonchev–Trinajstić information content (AvgIpc) is 3.43. The van der Waals surface area contributed by atoms with Crippen LogP contribution in [-0.2, 0) is 0 Å². The second-order valence-corrected chi connectivity index (χ2v) is 11.3. The lowest BCUT2D eigenvalue weighted by Gasteiger charge is -2.27. The summed E-state index contributed by atoms with van der Waals surface area (Å²) in [6.07, 6.45) is 26.1. The number of rotatable bonds is 10. The summed E-state index contributed by atoms with van der Waals surface area (Å²) in [7, 11) is 0. The molecule has 0 N–H and O–H groups in total. The predicted octanol–water partition coefficient (Wildman–Crippen LogP) is 12.1. The lowest BCUT2D eigenvalue weighted by atomic mass is 9.87. The molecule has 1 atom stereocenters. The van der Waals surface area contributed by atoms with Crippen LogP contribution in [0.25, 0.3) is 38.6 Å². The van der Waals surface area contributed by atoms with Crippen molar-refractivity contribution in [3.8, 4) is 16.8 Å². The summed E-state index contributed by atoms with van der Waals surface area (Å²) >= 11 is 0. The van der Waals surface area contributed by atoms with Gasteiger partial charge in [-0.1, -0.05) is 110 Å². The molecule has 1 heterocycles. The first-order valence-corrected chi connectivity index (χ1v) is 16.0. The lowest BCUT2D eigenvalue weighted by Crippen LogP contribution is -2.20. The van der Waals surface area contributed by atoms with Crippen molar-refractivity contribution in [2.75, 3.05) is 4.90 Å². The van der Waals surface area contributed by atoms with Gasteiger partial charge < -0.3 is 9.47 Å². The largest absolute Gasteiger partial charge is 0.311 e. The van der Waals surface area contributed by atoms with E-state index in [1.165, 1.54) is 38.5 Å². The molecular formula is C44H40N2. The van der Waals surface area contributed by atoms with Gasteiger partial charge in [-0.3, -0.25) is 0 Å². The van der Waals surface area contributed by atoms with Gasteiger partial charge in [-0.05, 0) is 104 Å². The Bertz CT molecular complexity index is 2030. The van der Waals surface area contributed by atoms with E-state index >= 15 is 0 Å². The maximum absolute atomic E-state index is 4.02. The number of para-hydroxylation sites is 1. The zero-order valence-corrected chi connectivity index (χ0v) is 26.7. The smallest absolute Gasteiger partial charge is 0.0550 e. The number of fused-ring (bicyclic) bond motifs is 3. The molecule has 6 rings (SSSR count). The van der Waals surface area contributed by atoms with Gasteiger partial charge in [0.05, 0.1) is 11.0 Å². The van der Waals surface area contributed by atoms with Gasteiger partial charge in [0, 0.05) is 39.5 Å². The van der Waals surface area contributed by atoms with Crippen LogP contribution >= 0.6 is 0 Å². The monoisotopic (exact) mass is 596 g/mol. The van der Waals surface area contributed by atoms with E-state index in [0.29, 0.717) is 0 Å². The molecule has 2 nitrogen and oxygen atoms in total. The Morgan fingerprint density at radius 3 is 2.02 bits per heavy atom. The highest BCUT2D eigenvalue weighted by atomic mass is 15.2. The van der Waals surface area contributed by atoms with Crippen molar-refractivity contribution in [2.45, 2.75) is 26.2 Å². The molecule has 1 aliphatic rings. The van der Waals surface area contributed by atoms with Gasteiger partial charge in [-0.25, -0.2) is 0 Å². The van der Waals surface area contributed by atoms with Crippen molar-refractivity contribution in [3.05, 3.63) is 194 Å². The van der Waals surface area contributed by atoms with Crippen molar-refractivity contribution in [1.29, 1.82) is 0 Å². The molecule has 0 spiro atoms. The minimum Gasteiger partial charge on any atom is -0.311 e. The highest BCUT2D eigenvalue weighted by molar-refractivity contribution is 6.13. The van der Waals surface area contributed by atoms with Crippen molar-refractivity contribution in [2.24, 2.45) is 0 Å². The normalized spacial score (nSPS) is 15.4. The maximum Gasteiger partial charge on any atom is 0.0550 e. The molecule has 1 unspecified atom stereocenters. The molecule has 0 amide bonds. The van der Waals surface area contributed by atoms with Crippen molar-refractivity contribution < 1.29 is 0 Å². The van der Waals surface area contributed by atoms with Gasteiger partial charge in [-0.15, -0.1) is 0 Å². The molecule has 46 heavy (non-hydrogen) atoms. The average molecular weight is 597 g/mol. The Hall–Kier alpha value is -5.60. The number of aromatic nitrogens is 1. The fourth-order valence-corrected chi connectivity index (χ4v) is 6.50. The molecule has 0 fully saturated rings. The first-order chi connectivity index (χ1) is 22.7. The van der Waals surface area contributed by atoms with Crippen LogP contribution in [0, 0.1) is 0 Å². The highest BCUT2D eigenvalue weighted by Gasteiger charge is 2.23. The maximum atomic E-state index is 4.02. The lowest BCUT2D eigenvalue weighted by molar-refractivity contribution is 0.863. The molecule has 0 saturated carbocycles. The van der Waals surface area contributed by atoms with E-state index < -0.39 is 0 Å². The predicted molar refractivity (Wildman–Crippen MR) is 201 cm³/mol. The van der Waals surface area contributed by atoms with Crippen LogP contribution in [0.4, 0.5) is 5.69 Å². The van der Waals surface area contributed by atoms with Crippen LogP contribution in [0.2, 0.25) is 0 Å². The quantitative estimate of drug-likeness (QED) is 0.146. The fraction of sp³-hybridized carbons (Fsp3) is 0.0909. The molecule has 5 aromatic rings. The third-order valence-electron chi connectivity index (χ3n) is 8.41. The van der Waals surface area contributed by atoms with Crippen LogP contribution in [0.15, 0.2) is 188 Å². The third-order valence-corrected chi connectivity index (χ3v) is 8.41. The Labute approximate surface area is 273 Å². The van der Waals surface area contributed by atoms with Crippen LogP contribution < -0.4 is 4.90 Å². The zero-order valence-electron chi connectivity index (χ0n) is 26.7. The summed E-state index contributed by atoms with van der Waals surface area (Å²) in [5, 5.41) is 2.50. The topological polar surface area (TPSA) is 8.17 Å². The van der Waals surface area contributed by atoms with E-state index in [1.54, 1.807) is 0 Å². The first kappa shape index (κ1) is 30.4. The van der Waals surface area contributed by atoms with Crippen molar-refractivity contribution in [3.63, 3.8) is 0 Å². The molecule has 1 aliphatic carbocycles. The second-order valence-electron chi connectivity index (χ2n) is 11.3. The molecule has 0 aliphatic heterocycles. The number of hydrogen-bond donors (Lipinski definition) is 0. The van der Waals surface area contributed by atoms with Crippen LogP contribution in [0.3, 0.4) is 0 Å². The fourth-order valence-electron chi connectivity index (χ4n) is 6.50. The molecule has 0 radical (unpaired) electrons. The SMILES string of the molecule is C=C/C=C(\C=C/C)N(C(/C=C\C)=C/C=C)c1ccc2c(c1)c1c(C3C=CC=CC3)cc(-c3ccccc3)cc1n2-c1ccccc1. The summed E-state index contributed by atoms with van der Waals surface area (Å²) < 4.78 is 2.43. The van der Waals surface area contributed by atoms with Gasteiger partial charge in [0.25, 0.3) is 0 Å². The number of hydrogen-bond acceptors (Lipinski definition) is 1. The van der Waals surface area contributed by atoms with E-state index in [2.05, 4.69) is 174 Å². The number of allylic oxidation sites excluding steroid dienone is 12. The first-order valence-electron chi connectivity index (χ1n) is 16.0. The summed E-state index contributed by atoms with van der Waals surface area (Å²) in [6, 6.07) is 33.1. The Kier molecular flexibility index (Phi) is 9.27. The third kappa shape index (κ3) is 5.90. The summed E-state index contributed by atoms with van der Waals surface area (Å²) in [5.41, 5.74) is 10.4. The highest BCUT2D eigenvalue weighted by Crippen LogP contribution is 2.43. The van der Waals surface area contributed by atoms with Crippen molar-refractivity contribution in [1.82, 2.24) is 4.57 Å². The number of nitrogens with zero attached hydrogens (tertiary/aromatic N) is 2. The number of anilines is 1. The van der Waals surface area contributed by atoms with E-state index in [4.69, 9.17) is 0 Å². The zero-order chi connectivity index (χ0) is 31.9. The van der Waals surface area contributed by atoms with Crippen LogP contribution in [0.5, 0.6) is 0 Å². The molecular weight excluding hydrogens is 556 g/mol. The van der Waals surface area contributed by atoms with Gasteiger partial charge in [-0.2, -0.15) is 0 Å². The van der Waals surface area contributed by atoms with E-state index in [-0.39, 0.29) is 5.92 Å². The summed E-state index contributed by atoms with van der Waals surface area (Å²) in [4.78, 5) is 2.27. The second kappa shape index (κ2) is 14.0. The van der Waals surface area contributed by atoms with Crippen molar-refractivity contribution >= 4 is 27.5 Å². The molecule has 226 valence electrons. The van der Waals surface area contributed by atoms with Gasteiger partial charge >= 0.3 is 0 Å². The number of benzene rings is 4. The van der Waals surface area contributed by atoms with E-state index in [0.717, 1.165) is 29.2 Å². The summed E-state index contributed by atoms with van der Waals surface area (Å²) in [6.45, 7) is 12.1. The Morgan fingerprint density at radius 2 is 1.41 bits per heavy atom. The van der Waals surface area contributed by atoms with E-state index in [9.17, 15) is 0 Å². The molecule has 0 saturated heterocycles. The van der Waals surface area contributed by atoms with Gasteiger partial charge in [0.2, 0.25) is 0 Å². The van der Waals surface area contributed by atoms with Gasteiger partial charge in [0.15, 0.2) is 0 Å². The minimum atomic E-state index is 0.268. The van der Waals surface area contributed by atoms with Crippen LogP contribution in [0.1, 0.15) is 31.7 Å².